The lowest BCUT2D eigenvalue weighted by atomic mass is 10.1. The molecule has 2 aromatic rings. The van der Waals surface area contributed by atoms with Gasteiger partial charge in [0.05, 0.1) is 13.2 Å². The minimum Gasteiger partial charge on any atom is -0.494 e. The number of hydrogen-bond donors (Lipinski definition) is 1. The minimum absolute atomic E-state index is 0. The Kier molecular flexibility index (Phi) is 14.0. The van der Waals surface area contributed by atoms with Crippen molar-refractivity contribution in [2.24, 2.45) is 0 Å². The fourth-order valence-electron chi connectivity index (χ4n) is 3.67. The van der Waals surface area contributed by atoms with Gasteiger partial charge < -0.3 is 19.5 Å². The first kappa shape index (κ1) is 30.1. The van der Waals surface area contributed by atoms with Crippen molar-refractivity contribution < 1.29 is 28.2 Å². The molecular weight excluding hydrogens is 489 g/mol. The average Bonchev–Trinajstić information content (AvgIpc) is 2.78. The topological polar surface area (TPSA) is 62.2 Å². The summed E-state index contributed by atoms with van der Waals surface area (Å²) in [7, 11) is 0. The van der Waals surface area contributed by atoms with E-state index < -0.39 is 17.6 Å². The molecule has 1 saturated heterocycles. The SMILES string of the molecule is Cl.Cl.O=C(O)COCCN1CCN(CCCCOc2ccc(-c3ccc(F)cc3F)cc2)CC1. The number of carboxylic acid groups (broad SMARTS) is 1. The lowest BCUT2D eigenvalue weighted by Crippen LogP contribution is -2.47. The number of carboxylic acids is 1. The number of hydrogen-bond acceptors (Lipinski definition) is 5. The first-order valence-corrected chi connectivity index (χ1v) is 10.9. The molecule has 2 aromatic carbocycles. The summed E-state index contributed by atoms with van der Waals surface area (Å²) >= 11 is 0. The van der Waals surface area contributed by atoms with Crippen molar-refractivity contribution in [2.45, 2.75) is 12.8 Å². The summed E-state index contributed by atoms with van der Waals surface area (Å²) in [6.45, 7) is 6.55. The molecule has 1 N–H and O–H groups in total. The van der Waals surface area contributed by atoms with Crippen molar-refractivity contribution >= 4 is 30.8 Å². The van der Waals surface area contributed by atoms with E-state index in [0.717, 1.165) is 63.9 Å². The van der Waals surface area contributed by atoms with E-state index >= 15 is 0 Å². The van der Waals surface area contributed by atoms with Crippen LogP contribution in [0, 0.1) is 11.6 Å². The predicted molar refractivity (Wildman–Crippen MR) is 132 cm³/mol. The smallest absolute Gasteiger partial charge is 0.329 e. The molecule has 34 heavy (non-hydrogen) atoms. The highest BCUT2D eigenvalue weighted by atomic mass is 35.5. The molecule has 3 rings (SSSR count). The third-order valence-corrected chi connectivity index (χ3v) is 5.48. The Balaban J connectivity index is 0.00000289. The van der Waals surface area contributed by atoms with Gasteiger partial charge in [0.1, 0.15) is 24.0 Å². The summed E-state index contributed by atoms with van der Waals surface area (Å²) in [5, 5.41) is 8.56. The largest absolute Gasteiger partial charge is 0.494 e. The van der Waals surface area contributed by atoms with Gasteiger partial charge in [0.25, 0.3) is 0 Å². The van der Waals surface area contributed by atoms with Crippen LogP contribution in [-0.4, -0.2) is 80.0 Å². The molecule has 1 fully saturated rings. The average molecular weight is 521 g/mol. The maximum Gasteiger partial charge on any atom is 0.329 e. The van der Waals surface area contributed by atoms with E-state index in [0.29, 0.717) is 24.3 Å². The zero-order valence-corrected chi connectivity index (χ0v) is 20.6. The van der Waals surface area contributed by atoms with E-state index in [1.807, 2.05) is 0 Å². The zero-order valence-electron chi connectivity index (χ0n) is 19.0. The van der Waals surface area contributed by atoms with E-state index in [-0.39, 0.29) is 31.4 Å². The third kappa shape index (κ3) is 10.1. The fourth-order valence-corrected chi connectivity index (χ4v) is 3.67. The van der Waals surface area contributed by atoms with E-state index in [1.165, 1.54) is 12.1 Å². The van der Waals surface area contributed by atoms with Gasteiger partial charge in [-0.2, -0.15) is 0 Å². The number of aliphatic carboxylic acids is 1. The normalized spacial score (nSPS) is 14.2. The second-order valence-electron chi connectivity index (χ2n) is 7.83. The van der Waals surface area contributed by atoms with Crippen LogP contribution in [0.25, 0.3) is 11.1 Å². The Hall–Kier alpha value is -1.97. The highest BCUT2D eigenvalue weighted by Gasteiger charge is 2.16. The van der Waals surface area contributed by atoms with Crippen LogP contribution in [0.4, 0.5) is 8.78 Å². The number of nitrogens with zero attached hydrogens (tertiary/aromatic N) is 2. The van der Waals surface area contributed by atoms with E-state index in [9.17, 15) is 13.6 Å². The van der Waals surface area contributed by atoms with E-state index in [4.69, 9.17) is 14.6 Å². The number of halogens is 4. The molecule has 1 aliphatic rings. The van der Waals surface area contributed by atoms with Crippen molar-refractivity contribution in [1.29, 1.82) is 0 Å². The highest BCUT2D eigenvalue weighted by Crippen LogP contribution is 2.25. The van der Waals surface area contributed by atoms with Crippen LogP contribution < -0.4 is 4.74 Å². The molecule has 0 aliphatic carbocycles. The third-order valence-electron chi connectivity index (χ3n) is 5.48. The second kappa shape index (κ2) is 15.8. The zero-order chi connectivity index (χ0) is 22.8. The van der Waals surface area contributed by atoms with Crippen molar-refractivity contribution in [3.63, 3.8) is 0 Å². The molecule has 0 amide bonds. The van der Waals surface area contributed by atoms with Crippen LogP contribution in [-0.2, 0) is 9.53 Å². The Morgan fingerprint density at radius 1 is 0.882 bits per heavy atom. The van der Waals surface area contributed by atoms with Gasteiger partial charge in [0.2, 0.25) is 0 Å². The number of unbranched alkanes of at least 4 members (excludes halogenated alkanes) is 1. The summed E-state index contributed by atoms with van der Waals surface area (Å²) in [5.41, 5.74) is 1.05. The van der Waals surface area contributed by atoms with Gasteiger partial charge in [-0.15, -0.1) is 24.8 Å². The lowest BCUT2D eigenvalue weighted by Gasteiger charge is -2.34. The monoisotopic (exact) mass is 520 g/mol. The van der Waals surface area contributed by atoms with Crippen molar-refractivity contribution in [3.8, 4) is 16.9 Å². The standard InChI is InChI=1S/C24H30F2N2O4.2ClH/c25-20-5-8-22(23(26)17-20)19-3-6-21(7-4-19)32-15-2-1-9-27-10-12-28(13-11-27)14-16-31-18-24(29)30;;/h3-8,17H,1-2,9-16,18H2,(H,29,30);2*1H. The molecule has 190 valence electrons. The van der Waals surface area contributed by atoms with Gasteiger partial charge in [-0.1, -0.05) is 12.1 Å². The van der Waals surface area contributed by atoms with Crippen LogP contribution in [0.3, 0.4) is 0 Å². The molecule has 0 radical (unpaired) electrons. The summed E-state index contributed by atoms with van der Waals surface area (Å²) in [6, 6.07) is 10.7. The van der Waals surface area contributed by atoms with Crippen molar-refractivity contribution in [2.75, 3.05) is 59.1 Å². The maximum absolute atomic E-state index is 13.9. The number of rotatable bonds is 12. The van der Waals surface area contributed by atoms with Crippen LogP contribution in [0.5, 0.6) is 5.75 Å². The molecule has 10 heteroatoms. The van der Waals surface area contributed by atoms with Gasteiger partial charge in [0.15, 0.2) is 0 Å². The van der Waals surface area contributed by atoms with Gasteiger partial charge in [-0.25, -0.2) is 13.6 Å². The van der Waals surface area contributed by atoms with Crippen LogP contribution in [0.2, 0.25) is 0 Å². The molecule has 6 nitrogen and oxygen atoms in total. The molecule has 1 heterocycles. The Bertz CT molecular complexity index is 867. The van der Waals surface area contributed by atoms with Crippen LogP contribution in [0.15, 0.2) is 42.5 Å². The van der Waals surface area contributed by atoms with E-state index in [2.05, 4.69) is 9.80 Å². The lowest BCUT2D eigenvalue weighted by molar-refractivity contribution is -0.142. The number of carbonyl (C=O) groups is 1. The molecule has 0 spiro atoms. The van der Waals surface area contributed by atoms with Gasteiger partial charge >= 0.3 is 5.97 Å². The van der Waals surface area contributed by atoms with Gasteiger partial charge in [-0.05, 0) is 49.2 Å². The highest BCUT2D eigenvalue weighted by molar-refractivity contribution is 5.85. The Labute approximate surface area is 211 Å². The molecule has 0 unspecified atom stereocenters. The molecule has 0 bridgehead atoms. The predicted octanol–water partition coefficient (Wildman–Crippen LogP) is 4.35. The number of piperazine rings is 1. The van der Waals surface area contributed by atoms with E-state index in [1.54, 1.807) is 24.3 Å². The maximum atomic E-state index is 13.9. The Morgan fingerprint density at radius 2 is 1.53 bits per heavy atom. The quantitative estimate of drug-likeness (QED) is 0.419. The van der Waals surface area contributed by atoms with Crippen LogP contribution in [0.1, 0.15) is 12.8 Å². The van der Waals surface area contributed by atoms with Gasteiger partial charge in [0, 0.05) is 44.4 Å². The summed E-state index contributed by atoms with van der Waals surface area (Å²) in [5.74, 6) is -1.37. The van der Waals surface area contributed by atoms with Crippen molar-refractivity contribution in [1.82, 2.24) is 9.80 Å². The first-order chi connectivity index (χ1) is 15.5. The van der Waals surface area contributed by atoms with Gasteiger partial charge in [-0.3, -0.25) is 4.90 Å². The van der Waals surface area contributed by atoms with Crippen LogP contribution >= 0.6 is 24.8 Å². The summed E-state index contributed by atoms with van der Waals surface area (Å²) in [6.07, 6.45) is 1.98. The summed E-state index contributed by atoms with van der Waals surface area (Å²) < 4.78 is 37.8. The molecular formula is C24H32Cl2F2N2O4. The minimum atomic E-state index is -0.934. The summed E-state index contributed by atoms with van der Waals surface area (Å²) in [4.78, 5) is 15.2. The second-order valence-corrected chi connectivity index (χ2v) is 7.83. The van der Waals surface area contributed by atoms with Crippen molar-refractivity contribution in [3.05, 3.63) is 54.1 Å². The first-order valence-electron chi connectivity index (χ1n) is 10.9. The molecule has 0 saturated carbocycles. The fraction of sp³-hybridized carbons (Fsp3) is 0.458. The molecule has 0 atom stereocenters. The Morgan fingerprint density at radius 3 is 2.15 bits per heavy atom. The molecule has 1 aliphatic heterocycles. The number of ether oxygens (including phenoxy) is 2. The molecule has 0 aromatic heterocycles. The number of benzene rings is 2.